The largest absolute Gasteiger partial charge is 0.348 e. The lowest BCUT2D eigenvalue weighted by atomic mass is 10.2. The molecule has 0 spiro atoms. The van der Waals surface area contributed by atoms with Crippen LogP contribution in [0.5, 0.6) is 0 Å². The molecular weight excluding hydrogens is 211 g/mol. The van der Waals surface area contributed by atoms with E-state index in [1.807, 2.05) is 35.6 Å². The Balaban J connectivity index is 2.38. The molecule has 2 N–H and O–H groups in total. The molecule has 0 heterocycles. The van der Waals surface area contributed by atoms with Gasteiger partial charge in [-0.15, -0.1) is 0 Å². The van der Waals surface area contributed by atoms with Crippen LogP contribution in [0.2, 0.25) is 0 Å². The Morgan fingerprint density at radius 2 is 1.94 bits per heavy atom. The molecule has 0 bridgehead atoms. The molecule has 1 aromatic carbocycles. The van der Waals surface area contributed by atoms with Gasteiger partial charge in [0.2, 0.25) is 5.91 Å². The lowest BCUT2D eigenvalue weighted by molar-refractivity contribution is -0.132. The number of carbonyl (C=O) groups excluding carboxylic acids is 2. The van der Waals surface area contributed by atoms with E-state index in [1.54, 1.807) is 0 Å². The summed E-state index contributed by atoms with van der Waals surface area (Å²) in [5, 5.41) is 4.24. The highest BCUT2D eigenvalue weighted by molar-refractivity contribution is 5.85. The van der Waals surface area contributed by atoms with E-state index in [9.17, 15) is 14.0 Å². The van der Waals surface area contributed by atoms with Crippen molar-refractivity contribution in [3.8, 4) is 0 Å². The van der Waals surface area contributed by atoms with Crippen LogP contribution in [0.15, 0.2) is 30.3 Å². The van der Waals surface area contributed by atoms with E-state index in [-0.39, 0.29) is 6.54 Å². The zero-order valence-corrected chi connectivity index (χ0v) is 8.87. The molecule has 16 heavy (non-hydrogen) atoms. The molecule has 0 aliphatic heterocycles. The fraction of sp³-hybridized carbons (Fsp3) is 0.273. The van der Waals surface area contributed by atoms with Gasteiger partial charge in [0.25, 0.3) is 12.2 Å². The average molecular weight is 224 g/mol. The Hall–Kier alpha value is -1.91. The van der Waals surface area contributed by atoms with Crippen LogP contribution < -0.4 is 10.6 Å². The van der Waals surface area contributed by atoms with Crippen molar-refractivity contribution in [1.29, 1.82) is 0 Å². The van der Waals surface area contributed by atoms with Gasteiger partial charge in [-0.1, -0.05) is 30.3 Å². The molecule has 0 aliphatic rings. The molecule has 0 radical (unpaired) electrons. The summed E-state index contributed by atoms with van der Waals surface area (Å²) >= 11 is 0. The number of benzene rings is 1. The fourth-order valence-corrected chi connectivity index (χ4v) is 1.12. The summed E-state index contributed by atoms with van der Waals surface area (Å²) in [6.45, 7) is 1.39. The molecule has 5 heteroatoms. The molecule has 4 nitrogen and oxygen atoms in total. The molecule has 1 unspecified atom stereocenters. The third-order valence-electron chi connectivity index (χ3n) is 1.87. The minimum absolute atomic E-state index is 0.236. The summed E-state index contributed by atoms with van der Waals surface area (Å²) in [5.74, 6) is -1.43. The smallest absolute Gasteiger partial charge is 0.275 e. The standard InChI is InChI=1S/C11H13FN2O2/c1-8(15)14-10(12)11(16)13-7-9-5-3-2-4-6-9/h2-6,10H,7H2,1H3,(H,13,16)(H,14,15). The topological polar surface area (TPSA) is 58.2 Å². The fourth-order valence-electron chi connectivity index (χ4n) is 1.12. The van der Waals surface area contributed by atoms with Crippen LogP contribution in [-0.2, 0) is 16.1 Å². The van der Waals surface area contributed by atoms with Gasteiger partial charge in [0.15, 0.2) is 0 Å². The van der Waals surface area contributed by atoms with Crippen LogP contribution in [0.25, 0.3) is 0 Å². The Morgan fingerprint density at radius 1 is 1.31 bits per heavy atom. The number of rotatable bonds is 4. The molecule has 1 atom stereocenters. The first-order chi connectivity index (χ1) is 7.59. The lowest BCUT2D eigenvalue weighted by Gasteiger charge is -2.09. The Morgan fingerprint density at radius 3 is 2.50 bits per heavy atom. The number of carbonyl (C=O) groups is 2. The van der Waals surface area contributed by atoms with Gasteiger partial charge in [0, 0.05) is 13.5 Å². The van der Waals surface area contributed by atoms with Crippen LogP contribution in [0, 0.1) is 0 Å². The Kier molecular flexibility index (Phi) is 4.44. The maximum Gasteiger partial charge on any atom is 0.275 e. The van der Waals surface area contributed by atoms with E-state index in [2.05, 4.69) is 5.32 Å². The number of alkyl halides is 1. The highest BCUT2D eigenvalue weighted by atomic mass is 19.1. The summed E-state index contributed by atoms with van der Waals surface area (Å²) in [4.78, 5) is 21.7. The van der Waals surface area contributed by atoms with Crippen LogP contribution in [-0.4, -0.2) is 18.1 Å². The minimum atomic E-state index is -2.00. The molecule has 2 amide bonds. The van der Waals surface area contributed by atoms with Gasteiger partial charge in [-0.25, -0.2) is 4.39 Å². The molecular formula is C11H13FN2O2. The van der Waals surface area contributed by atoms with Crippen LogP contribution in [0.3, 0.4) is 0 Å². The predicted octanol–water partition coefficient (Wildman–Crippen LogP) is 0.734. The van der Waals surface area contributed by atoms with Crippen molar-refractivity contribution in [2.75, 3.05) is 0 Å². The SMILES string of the molecule is CC(=O)NC(F)C(=O)NCc1ccccc1. The summed E-state index contributed by atoms with van der Waals surface area (Å²) in [7, 11) is 0. The molecule has 1 aromatic rings. The molecule has 0 fully saturated rings. The Bertz CT molecular complexity index is 368. The van der Waals surface area contributed by atoms with Gasteiger partial charge in [0.1, 0.15) is 0 Å². The van der Waals surface area contributed by atoms with Gasteiger partial charge in [-0.2, -0.15) is 0 Å². The highest BCUT2D eigenvalue weighted by Gasteiger charge is 2.16. The first-order valence-corrected chi connectivity index (χ1v) is 4.82. The van der Waals surface area contributed by atoms with Crippen LogP contribution in [0.4, 0.5) is 4.39 Å². The first-order valence-electron chi connectivity index (χ1n) is 4.82. The average Bonchev–Trinajstić information content (AvgIpc) is 2.26. The molecule has 0 aliphatic carbocycles. The van der Waals surface area contributed by atoms with Crippen molar-refractivity contribution in [3.63, 3.8) is 0 Å². The van der Waals surface area contributed by atoms with Crippen molar-refractivity contribution in [1.82, 2.24) is 10.6 Å². The van der Waals surface area contributed by atoms with Gasteiger partial charge in [-0.05, 0) is 5.56 Å². The van der Waals surface area contributed by atoms with Crippen LogP contribution in [0.1, 0.15) is 12.5 Å². The minimum Gasteiger partial charge on any atom is -0.348 e. The molecule has 86 valence electrons. The molecule has 1 rings (SSSR count). The normalized spacial score (nSPS) is 11.6. The van der Waals surface area contributed by atoms with E-state index in [0.717, 1.165) is 12.5 Å². The van der Waals surface area contributed by atoms with Gasteiger partial charge >= 0.3 is 0 Å². The maximum atomic E-state index is 13.0. The van der Waals surface area contributed by atoms with E-state index < -0.39 is 18.1 Å². The molecule has 0 saturated carbocycles. The van der Waals surface area contributed by atoms with Crippen molar-refractivity contribution in [3.05, 3.63) is 35.9 Å². The summed E-state index contributed by atoms with van der Waals surface area (Å²) < 4.78 is 13.0. The van der Waals surface area contributed by atoms with Crippen molar-refractivity contribution >= 4 is 11.8 Å². The quantitative estimate of drug-likeness (QED) is 0.741. The van der Waals surface area contributed by atoms with E-state index in [0.29, 0.717) is 0 Å². The second kappa shape index (κ2) is 5.85. The number of amides is 2. The van der Waals surface area contributed by atoms with Crippen LogP contribution >= 0.6 is 0 Å². The molecule has 0 aromatic heterocycles. The molecule has 0 saturated heterocycles. The third kappa shape index (κ3) is 4.08. The summed E-state index contributed by atoms with van der Waals surface area (Å²) in [6.07, 6.45) is -2.00. The van der Waals surface area contributed by atoms with Crippen molar-refractivity contribution in [2.45, 2.75) is 19.8 Å². The zero-order chi connectivity index (χ0) is 12.0. The highest BCUT2D eigenvalue weighted by Crippen LogP contribution is 1.97. The van der Waals surface area contributed by atoms with Gasteiger partial charge < -0.3 is 10.6 Å². The summed E-state index contributed by atoms with van der Waals surface area (Å²) in [6, 6.07) is 9.11. The third-order valence-corrected chi connectivity index (χ3v) is 1.87. The van der Waals surface area contributed by atoms with E-state index >= 15 is 0 Å². The number of halogens is 1. The number of nitrogens with one attached hydrogen (secondary N) is 2. The van der Waals surface area contributed by atoms with E-state index in [4.69, 9.17) is 0 Å². The van der Waals surface area contributed by atoms with Crippen molar-refractivity contribution < 1.29 is 14.0 Å². The first kappa shape index (κ1) is 12.2. The van der Waals surface area contributed by atoms with E-state index in [1.165, 1.54) is 0 Å². The second-order valence-corrected chi connectivity index (χ2v) is 3.27. The van der Waals surface area contributed by atoms with Gasteiger partial charge in [-0.3, -0.25) is 9.59 Å². The zero-order valence-electron chi connectivity index (χ0n) is 8.87. The lowest BCUT2D eigenvalue weighted by Crippen LogP contribution is -2.42. The second-order valence-electron chi connectivity index (χ2n) is 3.27. The van der Waals surface area contributed by atoms with Crippen molar-refractivity contribution in [2.24, 2.45) is 0 Å². The monoisotopic (exact) mass is 224 g/mol. The van der Waals surface area contributed by atoms with Gasteiger partial charge in [0.05, 0.1) is 0 Å². The summed E-state index contributed by atoms with van der Waals surface area (Å²) in [5.41, 5.74) is 0.867. The maximum absolute atomic E-state index is 13.0. The predicted molar refractivity (Wildman–Crippen MR) is 57.0 cm³/mol. The Labute approximate surface area is 92.8 Å². The number of hydrogen-bond donors (Lipinski definition) is 2. The number of hydrogen-bond acceptors (Lipinski definition) is 2.